The van der Waals surface area contributed by atoms with Crippen molar-refractivity contribution < 1.29 is 33.8 Å². The molecule has 4 rings (SSSR count). The van der Waals surface area contributed by atoms with Crippen molar-refractivity contribution >= 4 is 63.5 Å². The Hall–Kier alpha value is -4.40. The van der Waals surface area contributed by atoms with Crippen LogP contribution in [0.1, 0.15) is 20.7 Å². The second-order valence-electron chi connectivity index (χ2n) is 7.97. The summed E-state index contributed by atoms with van der Waals surface area (Å²) in [5.41, 5.74) is 0.0817. The highest BCUT2D eigenvalue weighted by molar-refractivity contribution is 6.34. The van der Waals surface area contributed by atoms with E-state index >= 15 is 0 Å². The molecule has 0 saturated carbocycles. The number of carboxylic acids is 1. The molecule has 38 heavy (non-hydrogen) atoms. The zero-order valence-electron chi connectivity index (χ0n) is 19.5. The van der Waals surface area contributed by atoms with E-state index in [0.29, 0.717) is 11.1 Å². The van der Waals surface area contributed by atoms with Crippen LogP contribution in [0.5, 0.6) is 0 Å². The summed E-state index contributed by atoms with van der Waals surface area (Å²) in [5.74, 6) is -4.98. The van der Waals surface area contributed by atoms with Crippen molar-refractivity contribution in [1.82, 2.24) is 0 Å². The molecule has 0 aliphatic rings. The largest absolute Gasteiger partial charge is 0.478 e. The standard InChI is InChI=1S/C28H19Cl2NO7/c29-20-13-5-3-11-18(20)27(35)37-23(24(26(33)34)38-28(36)19-12-4-6-14-21(19)30)25(32)31-22-15-7-9-16-8-1-2-10-17(16)22/h1-15,23-24H,(H,31,32)(H,33,34)/t23-,24-/m1/s1. The Morgan fingerprint density at radius 1 is 0.658 bits per heavy atom. The quantitative estimate of drug-likeness (QED) is 0.272. The van der Waals surface area contributed by atoms with Crippen LogP contribution in [-0.2, 0) is 19.1 Å². The normalized spacial score (nSPS) is 12.3. The van der Waals surface area contributed by atoms with Crippen molar-refractivity contribution in [3.05, 3.63) is 112 Å². The Labute approximate surface area is 226 Å². The number of aliphatic carboxylic acids is 1. The van der Waals surface area contributed by atoms with Crippen LogP contribution in [0.4, 0.5) is 5.69 Å². The third-order valence-corrected chi connectivity index (χ3v) is 6.14. The summed E-state index contributed by atoms with van der Waals surface area (Å²) in [4.78, 5) is 51.4. The Morgan fingerprint density at radius 2 is 1.16 bits per heavy atom. The van der Waals surface area contributed by atoms with Crippen LogP contribution < -0.4 is 5.32 Å². The summed E-state index contributed by atoms with van der Waals surface area (Å²) in [6, 6.07) is 23.9. The summed E-state index contributed by atoms with van der Waals surface area (Å²) >= 11 is 12.1. The summed E-state index contributed by atoms with van der Waals surface area (Å²) in [6.45, 7) is 0. The van der Waals surface area contributed by atoms with Crippen molar-refractivity contribution in [3.63, 3.8) is 0 Å². The van der Waals surface area contributed by atoms with E-state index in [4.69, 9.17) is 32.7 Å². The van der Waals surface area contributed by atoms with E-state index in [-0.39, 0.29) is 21.2 Å². The van der Waals surface area contributed by atoms with Gasteiger partial charge in [-0.1, -0.05) is 83.9 Å². The molecule has 0 spiro atoms. The molecule has 0 radical (unpaired) electrons. The number of carbonyl (C=O) groups excluding carboxylic acids is 3. The third kappa shape index (κ3) is 5.94. The molecule has 2 N–H and O–H groups in total. The van der Waals surface area contributed by atoms with Gasteiger partial charge < -0.3 is 19.9 Å². The number of fused-ring (bicyclic) bond motifs is 1. The molecule has 4 aromatic carbocycles. The predicted octanol–water partition coefficient (Wildman–Crippen LogP) is 5.62. The van der Waals surface area contributed by atoms with Crippen LogP contribution in [0.15, 0.2) is 91.0 Å². The fourth-order valence-electron chi connectivity index (χ4n) is 3.64. The van der Waals surface area contributed by atoms with Gasteiger partial charge in [-0.05, 0) is 35.7 Å². The lowest BCUT2D eigenvalue weighted by Gasteiger charge is -2.24. The molecule has 0 fully saturated rings. The van der Waals surface area contributed by atoms with E-state index in [1.54, 1.807) is 36.4 Å². The fourth-order valence-corrected chi connectivity index (χ4v) is 4.07. The van der Waals surface area contributed by atoms with E-state index in [0.717, 1.165) is 5.39 Å². The molecule has 0 bridgehead atoms. The average Bonchev–Trinajstić information content (AvgIpc) is 2.91. The van der Waals surface area contributed by atoms with Gasteiger partial charge >= 0.3 is 17.9 Å². The van der Waals surface area contributed by atoms with E-state index < -0.39 is 36.0 Å². The molecule has 2 atom stereocenters. The Morgan fingerprint density at radius 3 is 1.74 bits per heavy atom. The summed E-state index contributed by atoms with van der Waals surface area (Å²) in [6.07, 6.45) is -4.32. The lowest BCUT2D eigenvalue weighted by molar-refractivity contribution is -0.157. The molecule has 4 aromatic rings. The van der Waals surface area contributed by atoms with Crippen molar-refractivity contribution in [2.45, 2.75) is 12.2 Å². The lowest BCUT2D eigenvalue weighted by atomic mass is 10.1. The third-order valence-electron chi connectivity index (χ3n) is 5.48. The number of carboxylic acid groups (broad SMARTS) is 1. The van der Waals surface area contributed by atoms with Gasteiger partial charge in [-0.25, -0.2) is 14.4 Å². The Bertz CT molecular complexity index is 1530. The lowest BCUT2D eigenvalue weighted by Crippen LogP contribution is -2.48. The zero-order chi connectivity index (χ0) is 27.2. The minimum atomic E-state index is -2.22. The highest BCUT2D eigenvalue weighted by atomic mass is 35.5. The maximum absolute atomic E-state index is 13.4. The molecule has 1 amide bonds. The maximum Gasteiger partial charge on any atom is 0.349 e. The highest BCUT2D eigenvalue weighted by Crippen LogP contribution is 2.25. The Kier molecular flexibility index (Phi) is 8.25. The first-order valence-corrected chi connectivity index (χ1v) is 11.9. The number of halogens is 2. The van der Waals surface area contributed by atoms with E-state index in [9.17, 15) is 24.3 Å². The van der Waals surface area contributed by atoms with Gasteiger partial charge in [0, 0.05) is 11.1 Å². The molecular weight excluding hydrogens is 533 g/mol. The van der Waals surface area contributed by atoms with Gasteiger partial charge in [0.2, 0.25) is 12.2 Å². The minimum Gasteiger partial charge on any atom is -0.478 e. The van der Waals surface area contributed by atoms with Gasteiger partial charge in [0.1, 0.15) is 0 Å². The smallest absolute Gasteiger partial charge is 0.349 e. The van der Waals surface area contributed by atoms with Crippen LogP contribution >= 0.6 is 23.2 Å². The fraction of sp³-hybridized carbons (Fsp3) is 0.0714. The van der Waals surface area contributed by atoms with Gasteiger partial charge in [-0.3, -0.25) is 4.79 Å². The maximum atomic E-state index is 13.4. The number of carbonyl (C=O) groups is 4. The molecule has 0 aromatic heterocycles. The second-order valence-corrected chi connectivity index (χ2v) is 8.78. The van der Waals surface area contributed by atoms with Gasteiger partial charge in [0.05, 0.1) is 21.2 Å². The molecule has 0 heterocycles. The Balaban J connectivity index is 1.70. The summed E-state index contributed by atoms with van der Waals surface area (Å²) in [5, 5.41) is 14.0. The number of amides is 1. The minimum absolute atomic E-state index is 0.00598. The van der Waals surface area contributed by atoms with Crippen molar-refractivity contribution in [1.29, 1.82) is 0 Å². The topological polar surface area (TPSA) is 119 Å². The first-order chi connectivity index (χ1) is 18.3. The number of esters is 2. The van der Waals surface area contributed by atoms with Crippen molar-refractivity contribution in [2.24, 2.45) is 0 Å². The van der Waals surface area contributed by atoms with E-state index in [2.05, 4.69) is 5.32 Å². The number of rotatable bonds is 8. The molecular formula is C28H19Cl2NO7. The van der Waals surface area contributed by atoms with Crippen LogP contribution in [0, 0.1) is 0 Å². The molecule has 8 nitrogen and oxygen atoms in total. The second kappa shape index (κ2) is 11.8. The zero-order valence-corrected chi connectivity index (χ0v) is 21.0. The number of ether oxygens (including phenoxy) is 2. The van der Waals surface area contributed by atoms with E-state index in [1.165, 1.54) is 36.4 Å². The summed E-state index contributed by atoms with van der Waals surface area (Å²) < 4.78 is 10.5. The SMILES string of the molecule is O=C(O[C@@H](C(=O)O)[C@@H](OC(=O)c1ccccc1Cl)C(=O)Nc1cccc2ccccc12)c1ccccc1Cl. The molecule has 0 saturated heterocycles. The van der Waals surface area contributed by atoms with Gasteiger partial charge in [0.15, 0.2) is 0 Å². The first kappa shape index (κ1) is 26.7. The van der Waals surface area contributed by atoms with Crippen LogP contribution in [0.2, 0.25) is 10.0 Å². The number of hydrogen-bond donors (Lipinski definition) is 2. The first-order valence-electron chi connectivity index (χ1n) is 11.2. The number of benzene rings is 4. The van der Waals surface area contributed by atoms with E-state index in [1.807, 2.05) is 18.2 Å². The monoisotopic (exact) mass is 551 g/mol. The van der Waals surface area contributed by atoms with Gasteiger partial charge in [-0.15, -0.1) is 0 Å². The molecule has 0 unspecified atom stereocenters. The average molecular weight is 552 g/mol. The van der Waals surface area contributed by atoms with Gasteiger partial charge in [-0.2, -0.15) is 0 Å². The molecule has 0 aliphatic carbocycles. The molecule has 10 heteroatoms. The van der Waals surface area contributed by atoms with Crippen LogP contribution in [-0.4, -0.2) is 41.1 Å². The number of hydrogen-bond acceptors (Lipinski definition) is 6. The number of anilines is 1. The summed E-state index contributed by atoms with van der Waals surface area (Å²) in [7, 11) is 0. The molecule has 0 aliphatic heterocycles. The predicted molar refractivity (Wildman–Crippen MR) is 142 cm³/mol. The van der Waals surface area contributed by atoms with Gasteiger partial charge in [0.25, 0.3) is 5.91 Å². The molecule has 192 valence electrons. The van der Waals surface area contributed by atoms with Crippen LogP contribution in [0.25, 0.3) is 10.8 Å². The number of nitrogens with one attached hydrogen (secondary N) is 1. The van der Waals surface area contributed by atoms with Crippen LogP contribution in [0.3, 0.4) is 0 Å². The highest BCUT2D eigenvalue weighted by Gasteiger charge is 2.41. The van der Waals surface area contributed by atoms with Crippen molar-refractivity contribution in [3.8, 4) is 0 Å². The van der Waals surface area contributed by atoms with Crippen molar-refractivity contribution in [2.75, 3.05) is 5.32 Å².